The molecule has 2 rings (SSSR count). The molecule has 1 amide bonds. The first-order valence-electron chi connectivity index (χ1n) is 7.60. The number of hydrogen-bond acceptors (Lipinski definition) is 4. The predicted molar refractivity (Wildman–Crippen MR) is 75.4 cm³/mol. The second-order valence-electron chi connectivity index (χ2n) is 5.78. The molecule has 2 aliphatic rings. The van der Waals surface area contributed by atoms with Crippen LogP contribution in [-0.2, 0) is 9.59 Å². The van der Waals surface area contributed by atoms with Gasteiger partial charge in [0.05, 0.1) is 5.92 Å². The van der Waals surface area contributed by atoms with E-state index in [1.54, 1.807) is 0 Å². The molecule has 0 radical (unpaired) electrons. The van der Waals surface area contributed by atoms with Gasteiger partial charge in [-0.2, -0.15) is 0 Å². The van der Waals surface area contributed by atoms with E-state index in [0.29, 0.717) is 25.8 Å². The Kier molecular flexibility index (Phi) is 5.79. The number of piperazine rings is 1. The van der Waals surface area contributed by atoms with Crippen molar-refractivity contribution in [3.63, 3.8) is 0 Å². The average Bonchev–Trinajstić information content (AvgIpc) is 2.94. The summed E-state index contributed by atoms with van der Waals surface area (Å²) in [6.45, 7) is 5.96. The Morgan fingerprint density at radius 3 is 2.55 bits per heavy atom. The van der Waals surface area contributed by atoms with E-state index in [-0.39, 0.29) is 17.7 Å². The molecule has 114 valence electrons. The fraction of sp³-hybridized carbons (Fsp3) is 0.857. The maximum absolute atomic E-state index is 11.9. The van der Waals surface area contributed by atoms with Crippen molar-refractivity contribution in [1.29, 1.82) is 0 Å². The molecule has 0 bridgehead atoms. The van der Waals surface area contributed by atoms with E-state index in [1.165, 1.54) is 0 Å². The van der Waals surface area contributed by atoms with Crippen LogP contribution in [0.1, 0.15) is 25.7 Å². The van der Waals surface area contributed by atoms with Crippen LogP contribution in [0.4, 0.5) is 0 Å². The molecule has 1 saturated carbocycles. The Morgan fingerprint density at radius 1 is 1.20 bits per heavy atom. The van der Waals surface area contributed by atoms with E-state index < -0.39 is 5.97 Å². The van der Waals surface area contributed by atoms with Crippen molar-refractivity contribution in [1.82, 2.24) is 15.5 Å². The lowest BCUT2D eigenvalue weighted by Gasteiger charge is -2.27. The van der Waals surface area contributed by atoms with Crippen molar-refractivity contribution >= 4 is 11.9 Å². The highest BCUT2D eigenvalue weighted by Crippen LogP contribution is 2.30. The largest absolute Gasteiger partial charge is 0.481 e. The number of hydrogen-bond donors (Lipinski definition) is 3. The van der Waals surface area contributed by atoms with Crippen LogP contribution in [0.2, 0.25) is 0 Å². The van der Waals surface area contributed by atoms with Gasteiger partial charge >= 0.3 is 5.97 Å². The third-order valence-electron chi connectivity index (χ3n) is 4.31. The zero-order valence-corrected chi connectivity index (χ0v) is 11.9. The molecule has 20 heavy (non-hydrogen) atoms. The van der Waals surface area contributed by atoms with Crippen molar-refractivity contribution in [3.05, 3.63) is 0 Å². The smallest absolute Gasteiger partial charge is 0.306 e. The van der Waals surface area contributed by atoms with Gasteiger partial charge in [-0.3, -0.25) is 9.59 Å². The van der Waals surface area contributed by atoms with Crippen LogP contribution in [0.3, 0.4) is 0 Å². The number of rotatable bonds is 6. The lowest BCUT2D eigenvalue weighted by molar-refractivity contribution is -0.141. The summed E-state index contributed by atoms with van der Waals surface area (Å²) in [5.74, 6) is -1.16. The summed E-state index contributed by atoms with van der Waals surface area (Å²) in [6, 6.07) is 0. The zero-order chi connectivity index (χ0) is 14.4. The Balaban J connectivity index is 1.57. The molecule has 1 aliphatic heterocycles. The number of carboxylic acid groups (broad SMARTS) is 1. The van der Waals surface area contributed by atoms with Gasteiger partial charge in [-0.1, -0.05) is 0 Å². The Morgan fingerprint density at radius 2 is 1.90 bits per heavy atom. The lowest BCUT2D eigenvalue weighted by atomic mass is 10.0. The minimum atomic E-state index is -0.765. The third kappa shape index (κ3) is 4.45. The van der Waals surface area contributed by atoms with Crippen molar-refractivity contribution in [2.45, 2.75) is 25.7 Å². The molecule has 2 unspecified atom stereocenters. The molecule has 6 heteroatoms. The zero-order valence-electron chi connectivity index (χ0n) is 11.9. The van der Waals surface area contributed by atoms with Crippen molar-refractivity contribution in [2.24, 2.45) is 11.8 Å². The minimum absolute atomic E-state index is 0.0362. The van der Waals surface area contributed by atoms with Gasteiger partial charge in [-0.15, -0.1) is 0 Å². The number of aliphatic carboxylic acids is 1. The summed E-state index contributed by atoms with van der Waals surface area (Å²) < 4.78 is 0. The van der Waals surface area contributed by atoms with Crippen LogP contribution in [0.25, 0.3) is 0 Å². The molecule has 3 N–H and O–H groups in total. The summed E-state index contributed by atoms with van der Waals surface area (Å²) in [5.41, 5.74) is 0. The quantitative estimate of drug-likeness (QED) is 0.593. The lowest BCUT2D eigenvalue weighted by Crippen LogP contribution is -2.44. The van der Waals surface area contributed by atoms with Crippen LogP contribution in [-0.4, -0.2) is 61.2 Å². The number of carboxylic acids is 1. The molecule has 0 aromatic carbocycles. The second-order valence-corrected chi connectivity index (χ2v) is 5.78. The average molecular weight is 283 g/mol. The maximum Gasteiger partial charge on any atom is 0.306 e. The van der Waals surface area contributed by atoms with E-state index in [9.17, 15) is 9.59 Å². The van der Waals surface area contributed by atoms with E-state index in [2.05, 4.69) is 15.5 Å². The Bertz CT molecular complexity index is 343. The second kappa shape index (κ2) is 7.59. The Labute approximate surface area is 119 Å². The van der Waals surface area contributed by atoms with Gasteiger partial charge < -0.3 is 20.6 Å². The van der Waals surface area contributed by atoms with Crippen molar-refractivity contribution in [2.75, 3.05) is 39.3 Å². The fourth-order valence-electron chi connectivity index (χ4n) is 3.04. The predicted octanol–water partition coefficient (Wildman–Crippen LogP) is -0.101. The van der Waals surface area contributed by atoms with Crippen molar-refractivity contribution in [3.8, 4) is 0 Å². The van der Waals surface area contributed by atoms with Crippen LogP contribution >= 0.6 is 0 Å². The molecule has 2 fully saturated rings. The summed E-state index contributed by atoms with van der Waals surface area (Å²) in [4.78, 5) is 25.2. The molecule has 1 heterocycles. The fourth-order valence-corrected chi connectivity index (χ4v) is 3.04. The SMILES string of the molecule is O=C(O)C1CCC(C(=O)NCCCN2CCNCC2)C1. The highest BCUT2D eigenvalue weighted by molar-refractivity contribution is 5.80. The number of carbonyl (C=O) groups is 2. The van der Waals surface area contributed by atoms with Crippen LogP contribution < -0.4 is 10.6 Å². The van der Waals surface area contributed by atoms with Gasteiger partial charge in [0.1, 0.15) is 0 Å². The third-order valence-corrected chi connectivity index (χ3v) is 4.31. The molecule has 0 spiro atoms. The molecule has 0 aromatic rings. The van der Waals surface area contributed by atoms with Crippen LogP contribution in [0.5, 0.6) is 0 Å². The number of carbonyl (C=O) groups excluding carboxylic acids is 1. The van der Waals surface area contributed by atoms with Crippen molar-refractivity contribution < 1.29 is 14.7 Å². The summed E-state index contributed by atoms with van der Waals surface area (Å²) in [7, 11) is 0. The topological polar surface area (TPSA) is 81.7 Å². The first-order chi connectivity index (χ1) is 9.66. The number of nitrogens with one attached hydrogen (secondary N) is 2. The molecule has 1 saturated heterocycles. The van der Waals surface area contributed by atoms with E-state index in [4.69, 9.17) is 5.11 Å². The van der Waals surface area contributed by atoms with Gasteiger partial charge in [-0.25, -0.2) is 0 Å². The highest BCUT2D eigenvalue weighted by Gasteiger charge is 2.33. The van der Waals surface area contributed by atoms with Gasteiger partial charge in [0.2, 0.25) is 5.91 Å². The molecular weight excluding hydrogens is 258 g/mol. The first kappa shape index (κ1) is 15.3. The Hall–Kier alpha value is -1.14. The van der Waals surface area contributed by atoms with E-state index in [0.717, 1.165) is 39.1 Å². The van der Waals surface area contributed by atoms with E-state index in [1.807, 2.05) is 0 Å². The maximum atomic E-state index is 11.9. The molecular formula is C14H25N3O3. The molecule has 1 aliphatic carbocycles. The van der Waals surface area contributed by atoms with Gasteiger partial charge in [0, 0.05) is 38.6 Å². The van der Waals surface area contributed by atoms with Gasteiger partial charge in [-0.05, 0) is 32.2 Å². The number of nitrogens with zero attached hydrogens (tertiary/aromatic N) is 1. The summed E-state index contributed by atoms with van der Waals surface area (Å²) >= 11 is 0. The monoisotopic (exact) mass is 283 g/mol. The highest BCUT2D eigenvalue weighted by atomic mass is 16.4. The van der Waals surface area contributed by atoms with Gasteiger partial charge in [0.25, 0.3) is 0 Å². The standard InChI is InChI=1S/C14H25N3O3/c18-13(11-2-3-12(10-11)14(19)20)16-4-1-7-17-8-5-15-6-9-17/h11-12,15H,1-10H2,(H,16,18)(H,19,20). The summed E-state index contributed by atoms with van der Waals surface area (Å²) in [5, 5.41) is 15.2. The summed E-state index contributed by atoms with van der Waals surface area (Å²) in [6.07, 6.45) is 2.80. The van der Waals surface area contributed by atoms with Crippen LogP contribution in [0.15, 0.2) is 0 Å². The molecule has 0 aromatic heterocycles. The minimum Gasteiger partial charge on any atom is -0.481 e. The molecule has 2 atom stereocenters. The van der Waals surface area contributed by atoms with Gasteiger partial charge in [0.15, 0.2) is 0 Å². The normalized spacial score (nSPS) is 27.4. The first-order valence-corrected chi connectivity index (χ1v) is 7.60. The van der Waals surface area contributed by atoms with Crippen LogP contribution in [0, 0.1) is 11.8 Å². The molecule has 6 nitrogen and oxygen atoms in total. The number of amides is 1. The van der Waals surface area contributed by atoms with E-state index >= 15 is 0 Å².